The first kappa shape index (κ1) is 28.3. The second kappa shape index (κ2) is 10.6. The highest BCUT2D eigenvalue weighted by Crippen LogP contribution is 2.49. The minimum atomic E-state index is -1.37. The fourth-order valence-electron chi connectivity index (χ4n) is 6.02. The van der Waals surface area contributed by atoms with Crippen LogP contribution in [0, 0.1) is 31.9 Å². The molecule has 10 nitrogen and oxygen atoms in total. The van der Waals surface area contributed by atoms with E-state index in [1.165, 1.54) is 36.4 Å². The number of nitro groups is 2. The van der Waals surface area contributed by atoms with E-state index in [0.717, 1.165) is 12.1 Å². The molecule has 2 heterocycles. The van der Waals surface area contributed by atoms with Crippen molar-refractivity contribution in [3.63, 3.8) is 0 Å². The number of rotatable bonds is 6. The molecule has 13 heteroatoms. The number of halogens is 2. The van der Waals surface area contributed by atoms with Crippen LogP contribution in [0.4, 0.5) is 42.9 Å². The third-order valence-electron chi connectivity index (χ3n) is 8.39. The van der Waals surface area contributed by atoms with Crippen LogP contribution in [0.25, 0.3) is 0 Å². The summed E-state index contributed by atoms with van der Waals surface area (Å²) in [7, 11) is -1.37. The van der Waals surface area contributed by atoms with Gasteiger partial charge in [-0.2, -0.15) is 0 Å². The average molecular weight is 583 g/mol. The molecule has 216 valence electrons. The molecule has 2 aliphatic heterocycles. The first-order chi connectivity index (χ1) is 19.4. The van der Waals surface area contributed by atoms with Gasteiger partial charge < -0.3 is 21.3 Å². The Labute approximate surface area is 236 Å². The Morgan fingerprint density at radius 1 is 0.805 bits per heavy atom. The van der Waals surface area contributed by atoms with Crippen molar-refractivity contribution in [3.05, 3.63) is 91.5 Å². The summed E-state index contributed by atoms with van der Waals surface area (Å²) in [5.41, 5.74) is 12.4. The van der Waals surface area contributed by atoms with Gasteiger partial charge in [-0.15, -0.1) is 0 Å². The summed E-state index contributed by atoms with van der Waals surface area (Å²) >= 11 is 0. The maximum atomic E-state index is 15.7. The first-order valence-corrected chi connectivity index (χ1v) is 16.9. The van der Waals surface area contributed by atoms with Crippen molar-refractivity contribution >= 4 is 42.2 Å². The number of nitrogens with two attached hydrogens (primary N) is 2. The van der Waals surface area contributed by atoms with Crippen LogP contribution in [-0.4, -0.2) is 31.0 Å². The third kappa shape index (κ3) is 5.41. The molecule has 3 aromatic carbocycles. The van der Waals surface area contributed by atoms with Gasteiger partial charge in [0.2, 0.25) is 0 Å². The van der Waals surface area contributed by atoms with Crippen molar-refractivity contribution in [1.29, 1.82) is 0 Å². The molecule has 41 heavy (non-hydrogen) atoms. The van der Waals surface area contributed by atoms with Gasteiger partial charge in [0.25, 0.3) is 11.4 Å². The van der Waals surface area contributed by atoms with E-state index in [2.05, 4.69) is 13.1 Å². The fraction of sp³-hybridized carbons (Fsp3) is 0.357. The molecule has 0 bridgehead atoms. The lowest BCUT2D eigenvalue weighted by atomic mass is 10.0. The number of hydrogen-bond acceptors (Lipinski definition) is 8. The highest BCUT2D eigenvalue weighted by atomic mass is 28.3. The van der Waals surface area contributed by atoms with E-state index >= 15 is 8.78 Å². The van der Waals surface area contributed by atoms with Crippen molar-refractivity contribution in [2.24, 2.45) is 0 Å². The van der Waals surface area contributed by atoms with Crippen LogP contribution >= 0.6 is 0 Å². The zero-order chi connectivity index (χ0) is 29.6. The summed E-state index contributed by atoms with van der Waals surface area (Å²) in [5, 5.41) is 23.2. The van der Waals surface area contributed by atoms with Crippen LogP contribution in [0.2, 0.25) is 25.2 Å². The molecule has 2 atom stereocenters. The van der Waals surface area contributed by atoms with E-state index in [9.17, 15) is 20.2 Å². The van der Waals surface area contributed by atoms with E-state index in [-0.39, 0.29) is 34.1 Å². The molecule has 2 aliphatic rings. The average Bonchev–Trinajstić information content (AvgIpc) is 3.34. The lowest BCUT2D eigenvalue weighted by Crippen LogP contribution is -2.43. The van der Waals surface area contributed by atoms with Gasteiger partial charge >= 0.3 is 0 Å². The first-order valence-electron chi connectivity index (χ1n) is 13.5. The second-order valence-corrected chi connectivity index (χ2v) is 16.9. The number of nitrogens with zero attached hydrogens (tertiary/aromatic N) is 4. The van der Waals surface area contributed by atoms with Crippen LogP contribution in [-0.2, 0) is 0 Å². The van der Waals surface area contributed by atoms with Gasteiger partial charge in [-0.25, -0.2) is 8.78 Å². The quantitative estimate of drug-likeness (QED) is 0.144. The number of hydrogen-bond donors (Lipinski definition) is 2. The molecule has 2 saturated heterocycles. The van der Waals surface area contributed by atoms with Crippen LogP contribution in [0.1, 0.15) is 36.1 Å². The summed E-state index contributed by atoms with van der Waals surface area (Å²) < 4.78 is 31.5. The van der Waals surface area contributed by atoms with Crippen molar-refractivity contribution in [2.45, 2.75) is 50.1 Å². The van der Waals surface area contributed by atoms with Crippen molar-refractivity contribution in [2.75, 3.05) is 34.4 Å². The number of nitrogen functional groups attached to an aromatic ring is 2. The maximum Gasteiger partial charge on any atom is 0.292 e. The smallest absolute Gasteiger partial charge is 0.292 e. The fourth-order valence-corrected chi connectivity index (χ4v) is 8.02. The summed E-state index contributed by atoms with van der Waals surface area (Å²) in [6.07, 6.45) is 0.946. The third-order valence-corrected chi connectivity index (χ3v) is 11.5. The summed E-state index contributed by atoms with van der Waals surface area (Å²) in [6, 6.07) is 12.4. The van der Waals surface area contributed by atoms with Gasteiger partial charge in [-0.3, -0.25) is 20.2 Å². The monoisotopic (exact) mass is 582 g/mol. The Bertz CT molecular complexity index is 1430. The number of nitro benzene ring substituents is 2. The van der Waals surface area contributed by atoms with Crippen LogP contribution < -0.4 is 21.3 Å². The van der Waals surface area contributed by atoms with Gasteiger partial charge in [0, 0.05) is 30.9 Å². The Hall–Kier alpha value is -4.26. The van der Waals surface area contributed by atoms with E-state index in [4.69, 9.17) is 11.5 Å². The molecule has 0 aromatic heterocycles. The minimum absolute atomic E-state index is 0.00298. The molecular weight excluding hydrogens is 550 g/mol. The molecule has 0 amide bonds. The Morgan fingerprint density at radius 3 is 1.66 bits per heavy atom. The van der Waals surface area contributed by atoms with Gasteiger partial charge in [-0.1, -0.05) is 25.2 Å². The molecule has 0 spiro atoms. The van der Waals surface area contributed by atoms with E-state index in [0.29, 0.717) is 37.1 Å². The summed E-state index contributed by atoms with van der Waals surface area (Å²) in [6.45, 7) is 5.73. The summed E-state index contributed by atoms with van der Waals surface area (Å²) in [5.74, 6) is -1.39. The lowest BCUT2D eigenvalue weighted by Gasteiger charge is -2.38. The second-order valence-electron chi connectivity index (χ2n) is 11.6. The highest BCUT2D eigenvalue weighted by molar-refractivity contribution is 6.77. The topological polar surface area (TPSA) is 145 Å². The number of anilines is 4. The summed E-state index contributed by atoms with van der Waals surface area (Å²) in [4.78, 5) is 25.6. The van der Waals surface area contributed by atoms with Crippen LogP contribution in [0.3, 0.4) is 0 Å². The predicted octanol–water partition coefficient (Wildman–Crippen LogP) is 6.56. The zero-order valence-corrected chi connectivity index (χ0v) is 23.8. The normalized spacial score (nSPS) is 20.3. The molecule has 3 aromatic rings. The van der Waals surface area contributed by atoms with Gasteiger partial charge in [-0.05, 0) is 60.3 Å². The Balaban J connectivity index is 1.60. The minimum Gasteiger partial charge on any atom is -0.393 e. The zero-order valence-electron chi connectivity index (χ0n) is 22.8. The number of benzene rings is 3. The van der Waals surface area contributed by atoms with Gasteiger partial charge in [0.15, 0.2) is 11.6 Å². The molecule has 5 rings (SSSR count). The SMILES string of the molecule is C[Si]1(C)CCN(c2c(F)cc(N3[C@H](c4ccc(N)c([N+](=O)[O-])c4)CC[C@H]3c3ccc(N)c([N+](=O)[O-])c3)cc2F)CC1. The standard InChI is InChI=1S/C28H32F2N6O4Si/c1-41(2)11-9-33(10-12-41)28-20(29)15-19(16-21(28)30)34-24(17-3-5-22(31)26(13-17)35(37)38)7-8-25(34)18-4-6-23(32)27(14-18)36(39)40/h3-6,13-16,24-25H,7-12,31-32H2,1-2H3/t24-,25-/m0/s1. The van der Waals surface area contributed by atoms with Gasteiger partial charge in [0.05, 0.1) is 30.0 Å². The van der Waals surface area contributed by atoms with Crippen LogP contribution in [0.5, 0.6) is 0 Å². The van der Waals surface area contributed by atoms with Gasteiger partial charge in [0.1, 0.15) is 17.1 Å². The molecule has 0 saturated carbocycles. The van der Waals surface area contributed by atoms with E-state index in [1.807, 2.05) is 0 Å². The molecule has 4 N–H and O–H groups in total. The molecule has 0 radical (unpaired) electrons. The largest absolute Gasteiger partial charge is 0.393 e. The predicted molar refractivity (Wildman–Crippen MR) is 158 cm³/mol. The molecule has 0 unspecified atom stereocenters. The molecule has 0 aliphatic carbocycles. The maximum absolute atomic E-state index is 15.7. The van der Waals surface area contributed by atoms with Crippen molar-refractivity contribution in [1.82, 2.24) is 0 Å². The molecule has 2 fully saturated rings. The lowest BCUT2D eigenvalue weighted by molar-refractivity contribution is -0.384. The van der Waals surface area contributed by atoms with Crippen LogP contribution in [0.15, 0.2) is 48.5 Å². The Morgan fingerprint density at radius 2 is 1.24 bits per heavy atom. The van der Waals surface area contributed by atoms with Crippen molar-refractivity contribution in [3.8, 4) is 0 Å². The molecular formula is C28H32F2N6O4Si. The van der Waals surface area contributed by atoms with Crippen molar-refractivity contribution < 1.29 is 18.6 Å². The van der Waals surface area contributed by atoms with E-state index in [1.54, 1.807) is 21.9 Å². The van der Waals surface area contributed by atoms with E-state index < -0.39 is 41.6 Å². The highest BCUT2D eigenvalue weighted by Gasteiger charge is 2.38. The Kier molecular flexibility index (Phi) is 7.32.